The fourth-order valence-electron chi connectivity index (χ4n) is 2.59. The van der Waals surface area contributed by atoms with Gasteiger partial charge in [0, 0.05) is 30.6 Å². The van der Waals surface area contributed by atoms with Gasteiger partial charge in [-0.15, -0.1) is 0 Å². The maximum atomic E-state index is 11.2. The number of hydrogen-bond acceptors (Lipinski definition) is 4. The number of aromatic nitrogens is 1. The van der Waals surface area contributed by atoms with Crippen molar-refractivity contribution in [2.45, 2.75) is 13.3 Å². The zero-order valence-corrected chi connectivity index (χ0v) is 12.2. The first kappa shape index (κ1) is 15.4. The first-order valence-electron chi connectivity index (χ1n) is 6.48. The Hall–Kier alpha value is -2.96. The van der Waals surface area contributed by atoms with E-state index in [1.165, 1.54) is 6.07 Å². The molecule has 0 saturated heterocycles. The van der Waals surface area contributed by atoms with Gasteiger partial charge in [-0.05, 0) is 24.1 Å². The zero-order chi connectivity index (χ0) is 16.6. The smallest absolute Gasteiger partial charge is 0.349 e. The Morgan fingerprint density at radius 1 is 1.55 bits per heavy atom. The summed E-state index contributed by atoms with van der Waals surface area (Å²) in [5, 5.41) is 28.3. The fourth-order valence-corrected chi connectivity index (χ4v) is 2.59. The maximum absolute atomic E-state index is 11.2. The lowest BCUT2D eigenvalue weighted by molar-refractivity contribution is -0.383. The summed E-state index contributed by atoms with van der Waals surface area (Å²) in [6, 6.07) is 2.99. The minimum absolute atomic E-state index is 0.0562. The first-order chi connectivity index (χ1) is 10.3. The molecule has 2 rings (SSSR count). The summed E-state index contributed by atoms with van der Waals surface area (Å²) < 4.78 is 1.66. The SMILES string of the molecule is C=Cc1ccc([N+](=O)[O-])c2c1c(CC(=N)C(=O)O)c(C)n2C. The second-order valence-corrected chi connectivity index (χ2v) is 4.94. The van der Waals surface area contributed by atoms with Crippen molar-refractivity contribution in [3.8, 4) is 0 Å². The molecule has 0 fully saturated rings. The Bertz CT molecular complexity index is 833. The van der Waals surface area contributed by atoms with E-state index in [4.69, 9.17) is 10.5 Å². The monoisotopic (exact) mass is 301 g/mol. The van der Waals surface area contributed by atoms with Crippen molar-refractivity contribution in [1.29, 1.82) is 5.41 Å². The Kier molecular flexibility index (Phi) is 3.81. The van der Waals surface area contributed by atoms with Crippen LogP contribution in [0.25, 0.3) is 17.0 Å². The molecule has 0 saturated carbocycles. The molecule has 2 aromatic rings. The minimum Gasteiger partial charge on any atom is -0.477 e. The molecule has 2 N–H and O–H groups in total. The number of fused-ring (bicyclic) bond motifs is 1. The third-order valence-corrected chi connectivity index (χ3v) is 3.79. The van der Waals surface area contributed by atoms with Crippen molar-refractivity contribution < 1.29 is 14.8 Å². The van der Waals surface area contributed by atoms with E-state index in [0.29, 0.717) is 27.7 Å². The number of non-ortho nitro benzene ring substituents is 1. The molecule has 7 heteroatoms. The number of nitrogens with zero attached hydrogens (tertiary/aromatic N) is 2. The Balaban J connectivity index is 2.87. The van der Waals surface area contributed by atoms with Gasteiger partial charge in [-0.25, -0.2) is 4.79 Å². The number of hydrogen-bond donors (Lipinski definition) is 2. The largest absolute Gasteiger partial charge is 0.477 e. The summed E-state index contributed by atoms with van der Waals surface area (Å²) in [7, 11) is 1.69. The first-order valence-corrected chi connectivity index (χ1v) is 6.48. The van der Waals surface area contributed by atoms with E-state index >= 15 is 0 Å². The highest BCUT2D eigenvalue weighted by Crippen LogP contribution is 2.35. The number of nitrogens with one attached hydrogen (secondary N) is 1. The molecule has 0 aliphatic rings. The van der Waals surface area contributed by atoms with Crippen molar-refractivity contribution in [2.75, 3.05) is 0 Å². The third kappa shape index (κ3) is 2.26. The van der Waals surface area contributed by atoms with Crippen LogP contribution < -0.4 is 0 Å². The highest BCUT2D eigenvalue weighted by atomic mass is 16.6. The molecule has 0 bridgehead atoms. The average molecular weight is 301 g/mol. The van der Waals surface area contributed by atoms with E-state index in [2.05, 4.69) is 6.58 Å². The van der Waals surface area contributed by atoms with Crippen molar-refractivity contribution in [2.24, 2.45) is 7.05 Å². The van der Waals surface area contributed by atoms with Crippen LogP contribution in [0, 0.1) is 22.4 Å². The Morgan fingerprint density at radius 2 is 2.18 bits per heavy atom. The molecule has 7 nitrogen and oxygen atoms in total. The average Bonchev–Trinajstić information content (AvgIpc) is 2.71. The van der Waals surface area contributed by atoms with Crippen LogP contribution in [0.3, 0.4) is 0 Å². The van der Waals surface area contributed by atoms with Crippen LogP contribution >= 0.6 is 0 Å². The molecule has 0 aliphatic carbocycles. The van der Waals surface area contributed by atoms with Crippen LogP contribution in [0.15, 0.2) is 18.7 Å². The molecule has 1 aromatic heterocycles. The molecule has 0 spiro atoms. The number of benzene rings is 1. The van der Waals surface area contributed by atoms with Crippen LogP contribution in [0.4, 0.5) is 5.69 Å². The quantitative estimate of drug-likeness (QED) is 0.502. The lowest BCUT2D eigenvalue weighted by Gasteiger charge is -2.03. The molecular formula is C15H15N3O4. The van der Waals surface area contributed by atoms with Gasteiger partial charge in [-0.3, -0.25) is 15.5 Å². The van der Waals surface area contributed by atoms with Gasteiger partial charge in [0.2, 0.25) is 0 Å². The van der Waals surface area contributed by atoms with Crippen molar-refractivity contribution in [3.63, 3.8) is 0 Å². The van der Waals surface area contributed by atoms with Crippen LogP contribution in [-0.2, 0) is 18.3 Å². The van der Waals surface area contributed by atoms with E-state index in [9.17, 15) is 14.9 Å². The molecule has 1 heterocycles. The molecule has 0 amide bonds. The highest BCUT2D eigenvalue weighted by molar-refractivity contribution is 6.35. The molecule has 22 heavy (non-hydrogen) atoms. The minimum atomic E-state index is -1.30. The van der Waals surface area contributed by atoms with Gasteiger partial charge in [0.05, 0.1) is 4.92 Å². The van der Waals surface area contributed by atoms with Crippen LogP contribution in [0.5, 0.6) is 0 Å². The summed E-state index contributed by atoms with van der Waals surface area (Å²) in [5.41, 5.74) is 1.86. The van der Waals surface area contributed by atoms with Crippen LogP contribution in [0.1, 0.15) is 16.8 Å². The fraction of sp³-hybridized carbons (Fsp3) is 0.200. The van der Waals surface area contributed by atoms with Crippen LogP contribution in [0.2, 0.25) is 0 Å². The number of rotatable bonds is 5. The van der Waals surface area contributed by atoms with E-state index in [1.54, 1.807) is 30.7 Å². The summed E-state index contributed by atoms with van der Waals surface area (Å²) in [6.07, 6.45) is 1.47. The van der Waals surface area contributed by atoms with Crippen molar-refractivity contribution >= 4 is 34.3 Å². The van der Waals surface area contributed by atoms with Gasteiger partial charge in [0.1, 0.15) is 11.2 Å². The number of nitro benzene ring substituents is 1. The van der Waals surface area contributed by atoms with E-state index in [-0.39, 0.29) is 12.1 Å². The van der Waals surface area contributed by atoms with Crippen LogP contribution in [-0.4, -0.2) is 26.3 Å². The predicted octanol–water partition coefficient (Wildman–Crippen LogP) is 2.68. The highest BCUT2D eigenvalue weighted by Gasteiger charge is 2.24. The van der Waals surface area contributed by atoms with Gasteiger partial charge >= 0.3 is 5.97 Å². The second kappa shape index (κ2) is 5.44. The molecular weight excluding hydrogens is 286 g/mol. The Labute approximate surface area is 126 Å². The molecule has 0 unspecified atom stereocenters. The second-order valence-electron chi connectivity index (χ2n) is 4.94. The lowest BCUT2D eigenvalue weighted by atomic mass is 10.00. The van der Waals surface area contributed by atoms with Gasteiger partial charge in [0.15, 0.2) is 0 Å². The summed E-state index contributed by atoms with van der Waals surface area (Å²) in [4.78, 5) is 21.7. The van der Waals surface area contributed by atoms with Crippen molar-refractivity contribution in [3.05, 3.63) is 45.6 Å². The number of aliphatic carboxylic acids is 1. The van der Waals surface area contributed by atoms with Crippen molar-refractivity contribution in [1.82, 2.24) is 4.57 Å². The zero-order valence-electron chi connectivity index (χ0n) is 12.2. The normalized spacial score (nSPS) is 10.6. The van der Waals surface area contributed by atoms with E-state index in [0.717, 1.165) is 0 Å². The van der Waals surface area contributed by atoms with E-state index < -0.39 is 16.6 Å². The number of carboxylic acids is 1. The summed E-state index contributed by atoms with van der Waals surface area (Å²) in [5.74, 6) is -1.30. The Morgan fingerprint density at radius 3 is 2.68 bits per heavy atom. The predicted molar refractivity (Wildman–Crippen MR) is 83.5 cm³/mol. The van der Waals surface area contributed by atoms with Gasteiger partial charge in [-0.2, -0.15) is 0 Å². The number of nitro groups is 1. The molecule has 0 atom stereocenters. The molecule has 114 valence electrons. The number of carbonyl (C=O) groups is 1. The van der Waals surface area contributed by atoms with Gasteiger partial charge < -0.3 is 9.67 Å². The topological polar surface area (TPSA) is 109 Å². The molecule has 0 aliphatic heterocycles. The number of carboxylic acid groups (broad SMARTS) is 1. The maximum Gasteiger partial charge on any atom is 0.349 e. The number of aryl methyl sites for hydroxylation is 1. The van der Waals surface area contributed by atoms with Gasteiger partial charge in [-0.1, -0.05) is 12.7 Å². The standard InChI is InChI=1S/C15H15N3O4/c1-4-9-5-6-12(18(21)22)14-13(9)10(8(2)17(14)3)7-11(16)15(19)20/h4-6,16H,1,7H2,2-3H3,(H,19,20). The third-order valence-electron chi connectivity index (χ3n) is 3.79. The summed E-state index contributed by atoms with van der Waals surface area (Å²) in [6.45, 7) is 5.45. The lowest BCUT2D eigenvalue weighted by Crippen LogP contribution is -2.14. The molecule has 1 aromatic carbocycles. The van der Waals surface area contributed by atoms with E-state index in [1.807, 2.05) is 0 Å². The summed E-state index contributed by atoms with van der Waals surface area (Å²) >= 11 is 0. The van der Waals surface area contributed by atoms with Gasteiger partial charge in [0.25, 0.3) is 5.69 Å². The molecule has 0 radical (unpaired) electrons.